The summed E-state index contributed by atoms with van der Waals surface area (Å²) in [4.78, 5) is 24.4. The average molecular weight is 389 g/mol. The quantitative estimate of drug-likeness (QED) is 0.693. The van der Waals surface area contributed by atoms with E-state index in [-0.39, 0.29) is 18.0 Å². The topological polar surface area (TPSA) is 92.3 Å². The minimum atomic E-state index is -0.519. The van der Waals surface area contributed by atoms with E-state index in [1.54, 1.807) is 30.3 Å². The van der Waals surface area contributed by atoms with Gasteiger partial charge in [-0.05, 0) is 29.8 Å². The van der Waals surface area contributed by atoms with Crippen molar-refractivity contribution in [3.63, 3.8) is 0 Å². The number of methoxy groups -OCH3 is 5. The molecule has 28 heavy (non-hydrogen) atoms. The van der Waals surface area contributed by atoms with Gasteiger partial charge in [0, 0.05) is 12.1 Å². The van der Waals surface area contributed by atoms with E-state index < -0.39 is 5.97 Å². The first kappa shape index (κ1) is 20.9. The molecule has 8 nitrogen and oxygen atoms in total. The molecule has 0 saturated heterocycles. The van der Waals surface area contributed by atoms with Crippen LogP contribution in [0.15, 0.2) is 30.3 Å². The second-order valence-corrected chi connectivity index (χ2v) is 5.62. The van der Waals surface area contributed by atoms with Crippen LogP contribution in [0.1, 0.15) is 26.3 Å². The summed E-state index contributed by atoms with van der Waals surface area (Å²) in [6, 6.07) is 8.13. The average Bonchev–Trinajstić information content (AvgIpc) is 2.75. The summed E-state index contributed by atoms with van der Waals surface area (Å²) in [5.74, 6) is 0.698. The zero-order valence-electron chi connectivity index (χ0n) is 16.5. The fraction of sp³-hybridized carbons (Fsp3) is 0.300. The van der Waals surface area contributed by atoms with Gasteiger partial charge in [-0.3, -0.25) is 4.79 Å². The molecule has 0 atom stereocenters. The fourth-order valence-electron chi connectivity index (χ4n) is 2.63. The van der Waals surface area contributed by atoms with Crippen LogP contribution >= 0.6 is 0 Å². The van der Waals surface area contributed by atoms with Crippen molar-refractivity contribution in [3.8, 4) is 23.0 Å². The third kappa shape index (κ3) is 4.46. The Hall–Kier alpha value is -3.42. The Morgan fingerprint density at radius 3 is 1.93 bits per heavy atom. The number of benzene rings is 2. The van der Waals surface area contributed by atoms with Gasteiger partial charge in [0.1, 0.15) is 11.3 Å². The maximum Gasteiger partial charge on any atom is 0.341 e. The van der Waals surface area contributed by atoms with Crippen molar-refractivity contribution in [2.75, 3.05) is 35.5 Å². The first-order valence-corrected chi connectivity index (χ1v) is 8.32. The van der Waals surface area contributed by atoms with Gasteiger partial charge in [-0.2, -0.15) is 0 Å². The van der Waals surface area contributed by atoms with Crippen molar-refractivity contribution in [3.05, 3.63) is 47.0 Å². The Morgan fingerprint density at radius 1 is 0.821 bits per heavy atom. The molecule has 0 aliphatic heterocycles. The van der Waals surface area contributed by atoms with E-state index in [1.165, 1.54) is 35.5 Å². The molecular formula is C20H23NO7. The lowest BCUT2D eigenvalue weighted by atomic mass is 10.1. The Kier molecular flexibility index (Phi) is 7.08. The standard InChI is InChI=1S/C20H23NO7/c1-24-15-7-6-12(8-14(15)20(23)28-5)11-21-19(22)13-9-16(25-2)18(27-4)17(10-13)26-3/h6-10H,11H2,1-5H3,(H,21,22). The molecule has 0 unspecified atom stereocenters. The highest BCUT2D eigenvalue weighted by molar-refractivity contribution is 5.96. The summed E-state index contributed by atoms with van der Waals surface area (Å²) >= 11 is 0. The molecule has 0 saturated carbocycles. The van der Waals surface area contributed by atoms with E-state index in [0.29, 0.717) is 34.1 Å². The number of esters is 1. The van der Waals surface area contributed by atoms with Gasteiger partial charge in [0.2, 0.25) is 5.75 Å². The van der Waals surface area contributed by atoms with E-state index in [2.05, 4.69) is 5.32 Å². The molecule has 2 aromatic rings. The summed E-state index contributed by atoms with van der Waals surface area (Å²) in [7, 11) is 7.20. The maximum atomic E-state index is 12.6. The number of nitrogens with one attached hydrogen (secondary N) is 1. The molecule has 1 amide bonds. The van der Waals surface area contributed by atoms with Crippen molar-refractivity contribution >= 4 is 11.9 Å². The van der Waals surface area contributed by atoms with Gasteiger partial charge in [-0.1, -0.05) is 6.07 Å². The normalized spacial score (nSPS) is 10.0. The highest BCUT2D eigenvalue weighted by atomic mass is 16.5. The van der Waals surface area contributed by atoms with Crippen molar-refractivity contribution in [2.24, 2.45) is 0 Å². The molecule has 0 radical (unpaired) electrons. The van der Waals surface area contributed by atoms with E-state index in [9.17, 15) is 9.59 Å². The van der Waals surface area contributed by atoms with E-state index in [4.69, 9.17) is 23.7 Å². The first-order chi connectivity index (χ1) is 13.5. The molecule has 150 valence electrons. The van der Waals surface area contributed by atoms with Gasteiger partial charge < -0.3 is 29.0 Å². The van der Waals surface area contributed by atoms with Crippen molar-refractivity contribution in [1.82, 2.24) is 5.32 Å². The van der Waals surface area contributed by atoms with Crippen LogP contribution in [0.4, 0.5) is 0 Å². The zero-order valence-corrected chi connectivity index (χ0v) is 16.5. The van der Waals surface area contributed by atoms with E-state index in [1.807, 2.05) is 0 Å². The predicted octanol–water partition coefficient (Wildman–Crippen LogP) is 2.44. The van der Waals surface area contributed by atoms with Crippen LogP contribution in [0.3, 0.4) is 0 Å². The predicted molar refractivity (Wildman–Crippen MR) is 102 cm³/mol. The lowest BCUT2D eigenvalue weighted by molar-refractivity contribution is 0.0597. The van der Waals surface area contributed by atoms with Crippen LogP contribution in [0.25, 0.3) is 0 Å². The highest BCUT2D eigenvalue weighted by Gasteiger charge is 2.18. The Bertz CT molecular complexity index is 839. The van der Waals surface area contributed by atoms with Crippen molar-refractivity contribution < 1.29 is 33.3 Å². The molecule has 0 bridgehead atoms. The Labute approximate surface area is 163 Å². The monoisotopic (exact) mass is 389 g/mol. The van der Waals surface area contributed by atoms with E-state index in [0.717, 1.165) is 0 Å². The lowest BCUT2D eigenvalue weighted by Gasteiger charge is -2.14. The molecule has 0 fully saturated rings. The van der Waals surface area contributed by atoms with Crippen LogP contribution in [0, 0.1) is 0 Å². The Balaban J connectivity index is 2.21. The molecular weight excluding hydrogens is 366 g/mol. The number of amides is 1. The molecule has 0 heterocycles. The van der Waals surface area contributed by atoms with Crippen LogP contribution in [-0.2, 0) is 11.3 Å². The summed E-state index contributed by atoms with van der Waals surface area (Å²) in [6.45, 7) is 0.198. The zero-order chi connectivity index (χ0) is 20.7. The van der Waals surface area contributed by atoms with Crippen molar-refractivity contribution in [2.45, 2.75) is 6.54 Å². The maximum absolute atomic E-state index is 12.6. The first-order valence-electron chi connectivity index (χ1n) is 8.32. The third-order valence-corrected chi connectivity index (χ3v) is 4.05. The summed E-state index contributed by atoms with van der Waals surface area (Å²) in [5, 5.41) is 2.79. The van der Waals surface area contributed by atoms with Crippen molar-refractivity contribution in [1.29, 1.82) is 0 Å². The van der Waals surface area contributed by atoms with Gasteiger partial charge in [-0.15, -0.1) is 0 Å². The van der Waals surface area contributed by atoms with Gasteiger partial charge in [0.05, 0.1) is 35.5 Å². The second-order valence-electron chi connectivity index (χ2n) is 5.62. The molecule has 1 N–H and O–H groups in total. The summed E-state index contributed by atoms with van der Waals surface area (Å²) in [5.41, 5.74) is 1.34. The molecule has 8 heteroatoms. The molecule has 0 spiro atoms. The van der Waals surface area contributed by atoms with Crippen LogP contribution < -0.4 is 24.3 Å². The largest absolute Gasteiger partial charge is 0.496 e. The van der Waals surface area contributed by atoms with E-state index >= 15 is 0 Å². The number of carbonyl (C=O) groups excluding carboxylic acids is 2. The minimum absolute atomic E-state index is 0.198. The van der Waals surface area contributed by atoms with Gasteiger partial charge in [0.25, 0.3) is 5.91 Å². The number of hydrogen-bond donors (Lipinski definition) is 1. The summed E-state index contributed by atoms with van der Waals surface area (Å²) < 4.78 is 25.7. The molecule has 0 aromatic heterocycles. The second kappa shape index (κ2) is 9.50. The van der Waals surface area contributed by atoms with Crippen LogP contribution in [0.5, 0.6) is 23.0 Å². The Morgan fingerprint density at radius 2 is 1.43 bits per heavy atom. The number of carbonyl (C=O) groups is 2. The number of hydrogen-bond acceptors (Lipinski definition) is 7. The fourth-order valence-corrected chi connectivity index (χ4v) is 2.63. The van der Waals surface area contributed by atoms with Gasteiger partial charge in [-0.25, -0.2) is 4.79 Å². The smallest absolute Gasteiger partial charge is 0.341 e. The van der Waals surface area contributed by atoms with Gasteiger partial charge >= 0.3 is 5.97 Å². The molecule has 0 aliphatic carbocycles. The van der Waals surface area contributed by atoms with Crippen LogP contribution in [0.2, 0.25) is 0 Å². The number of rotatable bonds is 8. The third-order valence-electron chi connectivity index (χ3n) is 4.05. The lowest BCUT2D eigenvalue weighted by Crippen LogP contribution is -2.23. The molecule has 2 rings (SSSR count). The van der Waals surface area contributed by atoms with Gasteiger partial charge in [0.15, 0.2) is 11.5 Å². The molecule has 2 aromatic carbocycles. The molecule has 0 aliphatic rings. The summed E-state index contributed by atoms with van der Waals surface area (Å²) in [6.07, 6.45) is 0. The minimum Gasteiger partial charge on any atom is -0.496 e. The SMILES string of the molecule is COC(=O)c1cc(CNC(=O)c2cc(OC)c(OC)c(OC)c2)ccc1OC. The van der Waals surface area contributed by atoms with Crippen LogP contribution in [-0.4, -0.2) is 47.4 Å². The highest BCUT2D eigenvalue weighted by Crippen LogP contribution is 2.38. The number of ether oxygens (including phenoxy) is 5.